The Morgan fingerprint density at radius 2 is 2.03 bits per heavy atom. The first-order chi connectivity index (χ1) is 18.5. The van der Waals surface area contributed by atoms with Crippen LogP contribution >= 0.6 is 15.9 Å². The number of rotatable bonds is 1. The summed E-state index contributed by atoms with van der Waals surface area (Å²) in [6, 6.07) is -0.625. The third-order valence-electron chi connectivity index (χ3n) is 8.11. The zero-order valence-corrected chi connectivity index (χ0v) is 24.3. The first kappa shape index (κ1) is 26.3. The van der Waals surface area contributed by atoms with E-state index in [2.05, 4.69) is 43.8 Å². The molecular formula is C27H32BrFN6O4. The number of anilines is 2. The van der Waals surface area contributed by atoms with Crippen LogP contribution in [0.3, 0.4) is 0 Å². The molecule has 39 heavy (non-hydrogen) atoms. The Morgan fingerprint density at radius 3 is 2.69 bits per heavy atom. The van der Waals surface area contributed by atoms with Crippen LogP contribution in [0.1, 0.15) is 40.5 Å². The van der Waals surface area contributed by atoms with Gasteiger partial charge in [-0.25, -0.2) is 23.9 Å². The van der Waals surface area contributed by atoms with Crippen LogP contribution in [-0.2, 0) is 9.53 Å². The Balaban J connectivity index is 1.51. The number of aromatic nitrogens is 2. The smallest absolute Gasteiger partial charge is 0.410 e. The maximum Gasteiger partial charge on any atom is 0.410 e. The van der Waals surface area contributed by atoms with Gasteiger partial charge in [0.2, 0.25) is 5.88 Å². The number of ether oxygens (including phenoxy) is 2. The van der Waals surface area contributed by atoms with Gasteiger partial charge in [0.05, 0.1) is 24.8 Å². The minimum Gasteiger partial charge on any atom is -0.469 e. The summed E-state index contributed by atoms with van der Waals surface area (Å²) >= 11 is 3.19. The van der Waals surface area contributed by atoms with Gasteiger partial charge in [0.1, 0.15) is 39.2 Å². The first-order valence-corrected chi connectivity index (χ1v) is 14.1. The molecule has 2 aromatic heterocycles. The predicted octanol–water partition coefficient (Wildman–Crippen LogP) is 3.74. The predicted molar refractivity (Wildman–Crippen MR) is 147 cm³/mol. The van der Waals surface area contributed by atoms with E-state index < -0.39 is 23.6 Å². The van der Waals surface area contributed by atoms with Gasteiger partial charge in [0.15, 0.2) is 5.82 Å². The number of carbonyl (C=O) groups excluding carboxylic acids is 2. The molecule has 208 valence electrons. The normalized spacial score (nSPS) is 26.7. The molecule has 2 saturated heterocycles. The molecule has 6 heterocycles. The largest absolute Gasteiger partial charge is 0.469 e. The van der Waals surface area contributed by atoms with Crippen molar-refractivity contribution in [2.75, 3.05) is 43.0 Å². The molecule has 4 aliphatic rings. The molecule has 0 radical (unpaired) electrons. The lowest BCUT2D eigenvalue weighted by molar-refractivity contribution is 0.0132. The highest BCUT2D eigenvalue weighted by molar-refractivity contribution is 9.10. The number of amides is 1. The molecule has 0 bridgehead atoms. The second-order valence-electron chi connectivity index (χ2n) is 11.8. The molecular weight excluding hydrogens is 571 g/mol. The van der Waals surface area contributed by atoms with Gasteiger partial charge >= 0.3 is 6.09 Å². The third-order valence-corrected chi connectivity index (χ3v) is 8.67. The van der Waals surface area contributed by atoms with Crippen LogP contribution in [-0.4, -0.2) is 94.9 Å². The van der Waals surface area contributed by atoms with Gasteiger partial charge in [0.25, 0.3) is 0 Å². The molecule has 0 aliphatic carbocycles. The molecule has 6 rings (SSSR count). The Bertz CT molecular complexity index is 1410. The molecule has 0 aromatic carbocycles. The summed E-state index contributed by atoms with van der Waals surface area (Å²) in [6.07, 6.45) is 2.88. The second-order valence-corrected chi connectivity index (χ2v) is 12.6. The van der Waals surface area contributed by atoms with Crippen LogP contribution in [0, 0.1) is 5.82 Å². The Labute approximate surface area is 234 Å². The van der Waals surface area contributed by atoms with Gasteiger partial charge in [0, 0.05) is 30.2 Å². The van der Waals surface area contributed by atoms with Crippen LogP contribution in [0.5, 0.6) is 5.88 Å². The molecule has 1 amide bonds. The zero-order chi connectivity index (χ0) is 27.8. The maximum absolute atomic E-state index is 15.4. The highest BCUT2D eigenvalue weighted by atomic mass is 79.9. The number of likely N-dealkylation sites (N-methyl/N-ethyl adjacent to an activating group) is 1. The second kappa shape index (κ2) is 9.31. The maximum atomic E-state index is 15.4. The number of halogens is 2. The van der Waals surface area contributed by atoms with E-state index >= 15 is 4.39 Å². The Hall–Kier alpha value is -2.95. The van der Waals surface area contributed by atoms with Crippen molar-refractivity contribution < 1.29 is 23.5 Å². The topological polar surface area (TPSA) is 91.3 Å². The summed E-state index contributed by atoms with van der Waals surface area (Å²) in [5, 5.41) is 0.521. The Kier molecular flexibility index (Phi) is 6.28. The molecule has 2 aromatic rings. The summed E-state index contributed by atoms with van der Waals surface area (Å²) in [4.78, 5) is 42.6. The molecule has 4 aliphatic heterocycles. The number of fused-ring (bicyclic) bond motifs is 4. The highest BCUT2D eigenvalue weighted by Crippen LogP contribution is 2.52. The average molecular weight is 603 g/mol. The number of likely N-dealkylation sites (tertiary alicyclic amines) is 1. The summed E-state index contributed by atoms with van der Waals surface area (Å²) in [7, 11) is 2.06. The van der Waals surface area contributed by atoms with Gasteiger partial charge in [-0.05, 0) is 70.1 Å². The fourth-order valence-corrected chi connectivity index (χ4v) is 6.64. The number of piperazine rings is 1. The van der Waals surface area contributed by atoms with Crippen molar-refractivity contribution in [3.8, 4) is 5.88 Å². The van der Waals surface area contributed by atoms with E-state index in [0.29, 0.717) is 41.4 Å². The molecule has 4 atom stereocenters. The fraction of sp³-hybridized carbons (Fsp3) is 0.593. The van der Waals surface area contributed by atoms with Crippen LogP contribution in [0.25, 0.3) is 10.9 Å². The SMILES string of the molecule is C[C@@H]1CN2c3c4c(nc5c(F)c(Br)ncc35)O[C@@H]([C@@H]3CCCN3C)CN4C(=C=O)[C@H]2CN1C(=O)OC(C)(C)C. The first-order valence-electron chi connectivity index (χ1n) is 13.3. The van der Waals surface area contributed by atoms with Gasteiger partial charge in [-0.2, -0.15) is 0 Å². The Morgan fingerprint density at radius 1 is 1.26 bits per heavy atom. The van der Waals surface area contributed by atoms with Crippen molar-refractivity contribution in [2.45, 2.75) is 70.4 Å². The fourth-order valence-electron chi connectivity index (χ4n) is 6.35. The van der Waals surface area contributed by atoms with Gasteiger partial charge < -0.3 is 24.2 Å². The lowest BCUT2D eigenvalue weighted by Crippen LogP contribution is -2.65. The molecule has 0 spiro atoms. The zero-order valence-electron chi connectivity index (χ0n) is 22.7. The molecule has 12 heteroatoms. The third kappa shape index (κ3) is 4.24. The minimum absolute atomic E-state index is 0.0679. The molecule has 10 nitrogen and oxygen atoms in total. The van der Waals surface area contributed by atoms with Crippen molar-refractivity contribution in [2.24, 2.45) is 0 Å². The van der Waals surface area contributed by atoms with Crippen LogP contribution in [0.15, 0.2) is 16.5 Å². The van der Waals surface area contributed by atoms with Gasteiger partial charge in [-0.1, -0.05) is 0 Å². The van der Waals surface area contributed by atoms with Gasteiger partial charge in [-0.15, -0.1) is 0 Å². The minimum atomic E-state index is -0.658. The van der Waals surface area contributed by atoms with Crippen molar-refractivity contribution in [3.05, 3.63) is 22.3 Å². The van der Waals surface area contributed by atoms with Crippen LogP contribution < -0.4 is 14.5 Å². The van der Waals surface area contributed by atoms with Crippen molar-refractivity contribution in [1.82, 2.24) is 19.8 Å². The van der Waals surface area contributed by atoms with E-state index in [0.717, 1.165) is 19.4 Å². The number of hydrogen-bond donors (Lipinski definition) is 0. The number of carbonyl (C=O) groups is 1. The van der Waals surface area contributed by atoms with Crippen LogP contribution in [0.2, 0.25) is 0 Å². The summed E-state index contributed by atoms with van der Waals surface area (Å²) in [6.45, 7) is 9.40. The van der Waals surface area contributed by atoms with Crippen molar-refractivity contribution in [3.63, 3.8) is 0 Å². The highest BCUT2D eigenvalue weighted by Gasteiger charge is 2.49. The molecule has 2 fully saturated rings. The van der Waals surface area contributed by atoms with E-state index in [1.54, 1.807) is 11.1 Å². The standard InChI is InChI=1S/C27H32BrFN6O4/c1-14-10-34-17(11-33(14)26(37)39-27(2,3)4)18(13-36)35-12-19(16-7-6-8-32(16)5)38-25-23(35)22(34)15-9-30-24(28)20(29)21(15)31-25/h9,14,16-17,19H,6-8,10-12H2,1-5H3/t14-,16+,17-,19-/m1/s1. The van der Waals surface area contributed by atoms with Crippen LogP contribution in [0.4, 0.5) is 20.6 Å². The number of hydrogen-bond acceptors (Lipinski definition) is 9. The van der Waals surface area contributed by atoms with E-state index in [4.69, 9.17) is 9.47 Å². The van der Waals surface area contributed by atoms with E-state index in [-0.39, 0.29) is 34.9 Å². The lowest BCUT2D eigenvalue weighted by Gasteiger charge is -2.53. The molecule has 0 unspecified atom stereocenters. The summed E-state index contributed by atoms with van der Waals surface area (Å²) in [5.74, 6) is 1.92. The molecule has 0 saturated carbocycles. The van der Waals surface area contributed by atoms with Crippen molar-refractivity contribution in [1.29, 1.82) is 0 Å². The summed E-state index contributed by atoms with van der Waals surface area (Å²) in [5.41, 5.74) is 1.21. The van der Waals surface area contributed by atoms with Gasteiger partial charge in [-0.3, -0.25) is 4.90 Å². The quantitative estimate of drug-likeness (QED) is 0.357. The van der Waals surface area contributed by atoms with Crippen molar-refractivity contribution >= 4 is 50.2 Å². The average Bonchev–Trinajstić information content (AvgIpc) is 3.30. The van der Waals surface area contributed by atoms with E-state index in [1.807, 2.05) is 37.5 Å². The van der Waals surface area contributed by atoms with E-state index in [9.17, 15) is 9.59 Å². The number of pyridine rings is 2. The van der Waals surface area contributed by atoms with E-state index in [1.165, 1.54) is 0 Å². The number of nitrogens with zero attached hydrogens (tertiary/aromatic N) is 6. The molecule has 0 N–H and O–H groups in total. The lowest BCUT2D eigenvalue weighted by atomic mass is 9.95. The monoisotopic (exact) mass is 602 g/mol. The summed E-state index contributed by atoms with van der Waals surface area (Å²) < 4.78 is 27.7.